The van der Waals surface area contributed by atoms with Crippen LogP contribution in [0.3, 0.4) is 0 Å². The summed E-state index contributed by atoms with van der Waals surface area (Å²) in [7, 11) is 0. The summed E-state index contributed by atoms with van der Waals surface area (Å²) in [6, 6.07) is 0. The Bertz CT molecular complexity index is 153. The molecule has 0 bridgehead atoms. The Morgan fingerprint density at radius 2 is 1.75 bits per heavy atom. The second kappa shape index (κ2) is 7.04. The molecule has 0 saturated carbocycles. The van der Waals surface area contributed by atoms with Crippen LogP contribution in [0.4, 0.5) is 0 Å². The summed E-state index contributed by atoms with van der Waals surface area (Å²) in [5.41, 5.74) is 0.540. The average molecular weight is 172 g/mol. The standard InChI is InChI=1S/C9H16O3/c1-4-8(7-10)9(11-5-2)12-6-3/h9H,4-6H2,1-3H3. The van der Waals surface area contributed by atoms with Crippen LogP contribution in [-0.4, -0.2) is 25.4 Å². The molecule has 0 aliphatic rings. The van der Waals surface area contributed by atoms with Gasteiger partial charge in [-0.2, -0.15) is 0 Å². The minimum absolute atomic E-state index is 0.498. The van der Waals surface area contributed by atoms with Crippen LogP contribution in [0, 0.1) is 0 Å². The molecule has 0 rings (SSSR count). The van der Waals surface area contributed by atoms with Crippen molar-refractivity contribution in [3.05, 3.63) is 5.57 Å². The monoisotopic (exact) mass is 172 g/mol. The Labute approximate surface area is 73.4 Å². The summed E-state index contributed by atoms with van der Waals surface area (Å²) in [5.74, 6) is 1.84. The van der Waals surface area contributed by atoms with Crippen LogP contribution in [0.1, 0.15) is 27.2 Å². The predicted molar refractivity (Wildman–Crippen MR) is 46.5 cm³/mol. The van der Waals surface area contributed by atoms with Gasteiger partial charge < -0.3 is 9.47 Å². The summed E-state index contributed by atoms with van der Waals surface area (Å²) in [6.07, 6.45) is 0.122. The van der Waals surface area contributed by atoms with E-state index >= 15 is 0 Å². The van der Waals surface area contributed by atoms with Crippen molar-refractivity contribution in [2.75, 3.05) is 13.2 Å². The quantitative estimate of drug-likeness (QED) is 0.450. The number of carbonyl (C=O) groups excluding carboxylic acids is 1. The summed E-state index contributed by atoms with van der Waals surface area (Å²) in [6.45, 7) is 6.69. The lowest BCUT2D eigenvalue weighted by molar-refractivity contribution is -0.111. The molecular weight excluding hydrogens is 156 g/mol. The van der Waals surface area contributed by atoms with E-state index in [0.717, 1.165) is 0 Å². The fraction of sp³-hybridized carbons (Fsp3) is 0.778. The highest BCUT2D eigenvalue weighted by Crippen LogP contribution is 2.08. The maximum Gasteiger partial charge on any atom is 0.190 e. The van der Waals surface area contributed by atoms with E-state index in [2.05, 4.69) is 0 Å². The Morgan fingerprint density at radius 3 is 2.00 bits per heavy atom. The lowest BCUT2D eigenvalue weighted by Crippen LogP contribution is -2.20. The van der Waals surface area contributed by atoms with Gasteiger partial charge in [0.25, 0.3) is 0 Å². The minimum atomic E-state index is -0.498. The molecule has 0 radical (unpaired) electrons. The van der Waals surface area contributed by atoms with Crippen LogP contribution in [-0.2, 0) is 14.3 Å². The number of hydrogen-bond acceptors (Lipinski definition) is 3. The summed E-state index contributed by atoms with van der Waals surface area (Å²) < 4.78 is 10.4. The van der Waals surface area contributed by atoms with Gasteiger partial charge in [-0.25, -0.2) is 4.79 Å². The minimum Gasteiger partial charge on any atom is -0.348 e. The van der Waals surface area contributed by atoms with Gasteiger partial charge in [-0.3, -0.25) is 0 Å². The van der Waals surface area contributed by atoms with Crippen LogP contribution < -0.4 is 0 Å². The van der Waals surface area contributed by atoms with Crippen LogP contribution in [0.2, 0.25) is 0 Å². The van der Waals surface area contributed by atoms with Crippen molar-refractivity contribution >= 4 is 5.94 Å². The SMILES string of the molecule is CCOC(OCC)C(=C=O)CC. The van der Waals surface area contributed by atoms with Crippen molar-refractivity contribution in [1.82, 2.24) is 0 Å². The molecule has 0 spiro atoms. The Kier molecular flexibility index (Phi) is 6.67. The van der Waals surface area contributed by atoms with Gasteiger partial charge in [-0.05, 0) is 20.3 Å². The van der Waals surface area contributed by atoms with E-state index in [4.69, 9.17) is 9.47 Å². The van der Waals surface area contributed by atoms with Gasteiger partial charge in [0.1, 0.15) is 5.94 Å². The molecule has 70 valence electrons. The smallest absolute Gasteiger partial charge is 0.190 e. The third-order valence-corrected chi connectivity index (χ3v) is 1.43. The molecule has 0 saturated heterocycles. The largest absolute Gasteiger partial charge is 0.348 e. The maximum atomic E-state index is 10.4. The van der Waals surface area contributed by atoms with Gasteiger partial charge in [0.2, 0.25) is 0 Å². The van der Waals surface area contributed by atoms with Gasteiger partial charge in [-0.1, -0.05) is 6.92 Å². The third kappa shape index (κ3) is 3.67. The van der Waals surface area contributed by atoms with Crippen molar-refractivity contribution in [2.24, 2.45) is 0 Å². The lowest BCUT2D eigenvalue weighted by Gasteiger charge is -2.16. The lowest BCUT2D eigenvalue weighted by atomic mass is 10.2. The molecule has 0 amide bonds. The Hall–Kier alpha value is -0.630. The van der Waals surface area contributed by atoms with E-state index in [0.29, 0.717) is 25.2 Å². The first kappa shape index (κ1) is 11.4. The van der Waals surface area contributed by atoms with E-state index < -0.39 is 6.29 Å². The van der Waals surface area contributed by atoms with Crippen molar-refractivity contribution in [1.29, 1.82) is 0 Å². The Balaban J connectivity index is 4.15. The third-order valence-electron chi connectivity index (χ3n) is 1.43. The fourth-order valence-electron chi connectivity index (χ4n) is 0.839. The molecule has 12 heavy (non-hydrogen) atoms. The van der Waals surface area contributed by atoms with Gasteiger partial charge >= 0.3 is 0 Å². The van der Waals surface area contributed by atoms with Crippen molar-refractivity contribution in [2.45, 2.75) is 33.5 Å². The van der Waals surface area contributed by atoms with Gasteiger partial charge in [-0.15, -0.1) is 0 Å². The molecule has 0 heterocycles. The normalized spacial score (nSPS) is 10.0. The summed E-state index contributed by atoms with van der Waals surface area (Å²) in [4.78, 5) is 10.4. The molecule has 0 atom stereocenters. The van der Waals surface area contributed by atoms with Crippen LogP contribution in [0.15, 0.2) is 5.57 Å². The molecule has 0 aliphatic carbocycles. The average Bonchev–Trinajstić information content (AvgIpc) is 2.07. The van der Waals surface area contributed by atoms with Gasteiger partial charge in [0.15, 0.2) is 6.29 Å². The zero-order chi connectivity index (χ0) is 9.40. The van der Waals surface area contributed by atoms with E-state index in [1.807, 2.05) is 26.7 Å². The van der Waals surface area contributed by atoms with E-state index in [1.54, 1.807) is 0 Å². The van der Waals surface area contributed by atoms with E-state index in [1.165, 1.54) is 0 Å². The van der Waals surface area contributed by atoms with Gasteiger partial charge in [0, 0.05) is 13.2 Å². The molecule has 3 nitrogen and oxygen atoms in total. The Morgan fingerprint density at radius 1 is 1.25 bits per heavy atom. The maximum absolute atomic E-state index is 10.4. The highest BCUT2D eigenvalue weighted by Gasteiger charge is 2.13. The zero-order valence-corrected chi connectivity index (χ0v) is 7.92. The fourth-order valence-corrected chi connectivity index (χ4v) is 0.839. The van der Waals surface area contributed by atoms with Crippen LogP contribution >= 0.6 is 0 Å². The molecular formula is C9H16O3. The molecule has 0 fully saturated rings. The van der Waals surface area contributed by atoms with Crippen molar-refractivity contribution in [3.63, 3.8) is 0 Å². The second-order valence-corrected chi connectivity index (χ2v) is 2.22. The highest BCUT2D eigenvalue weighted by molar-refractivity contribution is 5.53. The van der Waals surface area contributed by atoms with E-state index in [9.17, 15) is 4.79 Å². The van der Waals surface area contributed by atoms with Gasteiger partial charge in [0.05, 0.1) is 5.57 Å². The van der Waals surface area contributed by atoms with Crippen LogP contribution in [0.5, 0.6) is 0 Å². The molecule has 0 aromatic heterocycles. The molecule has 0 aromatic rings. The first-order valence-corrected chi connectivity index (χ1v) is 4.27. The molecule has 0 unspecified atom stereocenters. The van der Waals surface area contributed by atoms with Crippen LogP contribution in [0.25, 0.3) is 0 Å². The van der Waals surface area contributed by atoms with Crippen molar-refractivity contribution in [3.8, 4) is 0 Å². The zero-order valence-electron chi connectivity index (χ0n) is 7.92. The van der Waals surface area contributed by atoms with E-state index in [-0.39, 0.29) is 0 Å². The summed E-state index contributed by atoms with van der Waals surface area (Å²) in [5, 5.41) is 0. The second-order valence-electron chi connectivity index (χ2n) is 2.22. The highest BCUT2D eigenvalue weighted by atomic mass is 16.7. The number of rotatable bonds is 6. The predicted octanol–water partition coefficient (Wildman–Crippen LogP) is 1.55. The molecule has 3 heteroatoms. The number of hydrogen-bond donors (Lipinski definition) is 0. The molecule has 0 N–H and O–H groups in total. The first-order chi connectivity index (χ1) is 5.79. The molecule has 0 aliphatic heterocycles. The van der Waals surface area contributed by atoms with Crippen molar-refractivity contribution < 1.29 is 14.3 Å². The molecule has 0 aromatic carbocycles. The topological polar surface area (TPSA) is 35.5 Å². The number of ether oxygens (including phenoxy) is 2. The first-order valence-electron chi connectivity index (χ1n) is 4.27. The summed E-state index contributed by atoms with van der Waals surface area (Å²) >= 11 is 0.